The summed E-state index contributed by atoms with van der Waals surface area (Å²) in [6.07, 6.45) is 4.70. The van der Waals surface area contributed by atoms with E-state index in [2.05, 4.69) is 47.1 Å². The Morgan fingerprint density at radius 3 is 2.56 bits per heavy atom. The number of thiophene rings is 1. The van der Waals surface area contributed by atoms with Crippen LogP contribution < -0.4 is 11.1 Å². The molecule has 6 heteroatoms. The standard InChI is InChI=1S/C28H33N3O2S/c1-27(2,29)26(33)30-23(17-20-18-34-24-10-6-4-8-21(20)24)25(32)31-15-13-28(14-16-31)12-11-19-7-3-5-9-22(19)28/h3-10,18,23H,11-17,29H2,1-2H3,(H,30,33)/t23-/m1/s1. The van der Waals surface area contributed by atoms with Crippen molar-refractivity contribution in [3.8, 4) is 0 Å². The number of piperidine rings is 1. The second kappa shape index (κ2) is 8.82. The predicted octanol–water partition coefficient (Wildman–Crippen LogP) is 4.17. The van der Waals surface area contributed by atoms with Gasteiger partial charge in [0, 0.05) is 24.2 Å². The zero-order valence-electron chi connectivity index (χ0n) is 20.0. The molecule has 0 unspecified atom stereocenters. The first-order valence-electron chi connectivity index (χ1n) is 12.2. The Balaban J connectivity index is 1.35. The quantitative estimate of drug-likeness (QED) is 0.582. The Labute approximate surface area is 205 Å². The normalized spacial score (nSPS) is 18.1. The molecule has 3 N–H and O–H groups in total. The number of hydrogen-bond donors (Lipinski definition) is 2. The fourth-order valence-electron chi connectivity index (χ4n) is 5.61. The van der Waals surface area contributed by atoms with Gasteiger partial charge in [-0.2, -0.15) is 0 Å². The number of nitrogens with one attached hydrogen (secondary N) is 1. The molecule has 2 amide bonds. The lowest BCUT2D eigenvalue weighted by Crippen LogP contribution is -2.58. The predicted molar refractivity (Wildman–Crippen MR) is 138 cm³/mol. The number of rotatable bonds is 5. The highest BCUT2D eigenvalue weighted by atomic mass is 32.1. The number of hydrogen-bond acceptors (Lipinski definition) is 4. The number of likely N-dealkylation sites (tertiary alicyclic amines) is 1. The molecule has 2 aliphatic rings. The first-order chi connectivity index (χ1) is 16.3. The summed E-state index contributed by atoms with van der Waals surface area (Å²) >= 11 is 1.67. The molecule has 1 atom stereocenters. The van der Waals surface area contributed by atoms with Crippen LogP contribution in [0.15, 0.2) is 53.9 Å². The van der Waals surface area contributed by atoms with Gasteiger partial charge in [0.2, 0.25) is 11.8 Å². The molecule has 3 aromatic rings. The van der Waals surface area contributed by atoms with Gasteiger partial charge < -0.3 is 16.0 Å². The van der Waals surface area contributed by atoms with E-state index in [1.165, 1.54) is 15.8 Å². The molecule has 1 aromatic heterocycles. The van der Waals surface area contributed by atoms with Crippen LogP contribution >= 0.6 is 11.3 Å². The van der Waals surface area contributed by atoms with Crippen LogP contribution in [0.1, 0.15) is 49.8 Å². The molecule has 5 rings (SSSR count). The molecule has 0 bridgehead atoms. The summed E-state index contributed by atoms with van der Waals surface area (Å²) in [5.74, 6) is -0.308. The topological polar surface area (TPSA) is 75.4 Å². The number of nitrogens with zero attached hydrogens (tertiary/aromatic N) is 1. The van der Waals surface area contributed by atoms with Gasteiger partial charge in [0.05, 0.1) is 5.54 Å². The number of nitrogens with two attached hydrogens (primary N) is 1. The van der Waals surface area contributed by atoms with Crippen LogP contribution in [-0.2, 0) is 27.8 Å². The van der Waals surface area contributed by atoms with E-state index < -0.39 is 11.6 Å². The van der Waals surface area contributed by atoms with Crippen LogP contribution in [0.2, 0.25) is 0 Å². The van der Waals surface area contributed by atoms with E-state index in [4.69, 9.17) is 5.73 Å². The molecular formula is C28H33N3O2S. The first kappa shape index (κ1) is 23.1. The maximum absolute atomic E-state index is 13.7. The number of benzene rings is 2. The average molecular weight is 476 g/mol. The van der Waals surface area contributed by atoms with Gasteiger partial charge in [-0.3, -0.25) is 9.59 Å². The van der Waals surface area contributed by atoms with Crippen LogP contribution in [0.5, 0.6) is 0 Å². The molecule has 5 nitrogen and oxygen atoms in total. The minimum Gasteiger partial charge on any atom is -0.342 e. The average Bonchev–Trinajstić information content (AvgIpc) is 3.40. The minimum absolute atomic E-state index is 0.00554. The van der Waals surface area contributed by atoms with Crippen LogP contribution in [0.25, 0.3) is 10.1 Å². The SMILES string of the molecule is CC(C)(N)C(=O)N[C@H](Cc1csc2ccccc12)C(=O)N1CCC2(CCc3ccccc32)CC1. The Bertz CT molecular complexity index is 1220. The third kappa shape index (κ3) is 4.25. The molecule has 178 valence electrons. The lowest BCUT2D eigenvalue weighted by molar-refractivity contribution is -0.138. The van der Waals surface area contributed by atoms with Crippen molar-refractivity contribution >= 4 is 33.2 Å². The van der Waals surface area contributed by atoms with Crippen LogP contribution in [-0.4, -0.2) is 41.4 Å². The Morgan fingerprint density at radius 2 is 1.79 bits per heavy atom. The van der Waals surface area contributed by atoms with E-state index in [0.29, 0.717) is 6.42 Å². The molecule has 1 saturated heterocycles. The number of fused-ring (bicyclic) bond motifs is 3. The minimum atomic E-state index is -1.05. The second-order valence-corrected chi connectivity index (χ2v) is 11.4. The van der Waals surface area contributed by atoms with Crippen molar-refractivity contribution in [1.82, 2.24) is 10.2 Å². The Hall–Kier alpha value is -2.70. The summed E-state index contributed by atoms with van der Waals surface area (Å²) in [4.78, 5) is 28.5. The zero-order chi connectivity index (χ0) is 23.9. The van der Waals surface area contributed by atoms with Crippen molar-refractivity contribution in [3.05, 3.63) is 70.6 Å². The molecule has 2 aromatic carbocycles. The monoisotopic (exact) mass is 475 g/mol. The van der Waals surface area contributed by atoms with E-state index in [1.807, 2.05) is 17.0 Å². The maximum Gasteiger partial charge on any atom is 0.245 e. The third-order valence-corrected chi connectivity index (χ3v) is 8.68. The largest absolute Gasteiger partial charge is 0.342 e. The van der Waals surface area contributed by atoms with Crippen molar-refractivity contribution < 1.29 is 9.59 Å². The number of carbonyl (C=O) groups is 2. The smallest absolute Gasteiger partial charge is 0.245 e. The van der Waals surface area contributed by atoms with Crippen molar-refractivity contribution in [2.75, 3.05) is 13.1 Å². The van der Waals surface area contributed by atoms with Crippen LogP contribution in [0.4, 0.5) is 0 Å². The Kier molecular flexibility index (Phi) is 5.98. The fourth-order valence-corrected chi connectivity index (χ4v) is 6.59. The van der Waals surface area contributed by atoms with Gasteiger partial charge in [-0.05, 0) is 78.5 Å². The number of amides is 2. The molecule has 1 aliphatic carbocycles. The van der Waals surface area contributed by atoms with Crippen molar-refractivity contribution in [2.24, 2.45) is 5.73 Å². The highest BCUT2D eigenvalue weighted by molar-refractivity contribution is 7.17. The number of carbonyl (C=O) groups excluding carboxylic acids is 2. The van der Waals surface area contributed by atoms with Gasteiger partial charge in [0.15, 0.2) is 0 Å². The molecule has 2 heterocycles. The third-order valence-electron chi connectivity index (χ3n) is 7.67. The van der Waals surface area contributed by atoms with E-state index >= 15 is 0 Å². The summed E-state index contributed by atoms with van der Waals surface area (Å²) in [6.45, 7) is 4.78. The van der Waals surface area contributed by atoms with Crippen molar-refractivity contribution in [1.29, 1.82) is 0 Å². The lowest BCUT2D eigenvalue weighted by atomic mass is 9.74. The highest BCUT2D eigenvalue weighted by Crippen LogP contribution is 2.46. The van der Waals surface area contributed by atoms with Gasteiger partial charge in [0.25, 0.3) is 0 Å². The Morgan fingerprint density at radius 1 is 1.09 bits per heavy atom. The zero-order valence-corrected chi connectivity index (χ0v) is 20.8. The van der Waals surface area contributed by atoms with Gasteiger partial charge in [0.1, 0.15) is 6.04 Å². The maximum atomic E-state index is 13.7. The molecule has 0 saturated carbocycles. The van der Waals surface area contributed by atoms with Crippen LogP contribution in [0, 0.1) is 0 Å². The van der Waals surface area contributed by atoms with Crippen LogP contribution in [0.3, 0.4) is 0 Å². The van der Waals surface area contributed by atoms with E-state index in [9.17, 15) is 9.59 Å². The molecule has 1 spiro atoms. The summed E-state index contributed by atoms with van der Waals surface area (Å²) in [5.41, 5.74) is 9.23. The molecule has 1 fully saturated rings. The van der Waals surface area contributed by atoms with E-state index in [-0.39, 0.29) is 17.2 Å². The summed E-state index contributed by atoms with van der Waals surface area (Å²) < 4.78 is 1.19. The lowest BCUT2D eigenvalue weighted by Gasteiger charge is -2.41. The summed E-state index contributed by atoms with van der Waals surface area (Å²) in [5, 5.41) is 6.23. The molecule has 0 radical (unpaired) electrons. The van der Waals surface area contributed by atoms with Gasteiger partial charge >= 0.3 is 0 Å². The van der Waals surface area contributed by atoms with Gasteiger partial charge in [-0.25, -0.2) is 0 Å². The second-order valence-electron chi connectivity index (χ2n) is 10.5. The van der Waals surface area contributed by atoms with Crippen molar-refractivity contribution in [2.45, 2.75) is 62.9 Å². The summed E-state index contributed by atoms with van der Waals surface area (Å²) in [7, 11) is 0. The number of aryl methyl sites for hydroxylation is 1. The first-order valence-corrected chi connectivity index (χ1v) is 13.1. The highest BCUT2D eigenvalue weighted by Gasteiger charge is 2.42. The van der Waals surface area contributed by atoms with E-state index in [1.54, 1.807) is 25.2 Å². The summed E-state index contributed by atoms with van der Waals surface area (Å²) in [6, 6.07) is 16.4. The molecular weight excluding hydrogens is 442 g/mol. The van der Waals surface area contributed by atoms with E-state index in [0.717, 1.165) is 49.7 Å². The molecule has 34 heavy (non-hydrogen) atoms. The van der Waals surface area contributed by atoms with Crippen molar-refractivity contribution in [3.63, 3.8) is 0 Å². The molecule has 1 aliphatic heterocycles. The van der Waals surface area contributed by atoms with Gasteiger partial charge in [-0.1, -0.05) is 42.5 Å². The van der Waals surface area contributed by atoms with Gasteiger partial charge in [-0.15, -0.1) is 11.3 Å². The fraction of sp³-hybridized carbons (Fsp3) is 0.429.